The molecule has 7 heteroatoms. The van der Waals surface area contributed by atoms with Crippen LogP contribution >= 0.6 is 12.2 Å². The fourth-order valence-electron chi connectivity index (χ4n) is 2.39. The van der Waals surface area contributed by atoms with Crippen LogP contribution in [0, 0.1) is 0 Å². The van der Waals surface area contributed by atoms with Gasteiger partial charge < -0.3 is 11.1 Å². The van der Waals surface area contributed by atoms with Crippen LogP contribution in [0.2, 0.25) is 0 Å². The number of hydrogen-bond donors (Lipinski definition) is 2. The smallest absolute Gasteiger partial charge is 0.224 e. The number of rotatable bonds is 4. The van der Waals surface area contributed by atoms with Gasteiger partial charge in [-0.2, -0.15) is 0 Å². The lowest BCUT2D eigenvalue weighted by molar-refractivity contribution is -0.121. The van der Waals surface area contributed by atoms with Crippen molar-refractivity contribution >= 4 is 33.0 Å². The zero-order chi connectivity index (χ0) is 15.5. The van der Waals surface area contributed by atoms with E-state index in [2.05, 4.69) is 5.32 Å². The summed E-state index contributed by atoms with van der Waals surface area (Å²) in [6.45, 7) is 0. The van der Waals surface area contributed by atoms with Gasteiger partial charge in [0, 0.05) is 11.6 Å². The van der Waals surface area contributed by atoms with Crippen LogP contribution < -0.4 is 11.1 Å². The molecule has 21 heavy (non-hydrogen) atoms. The Morgan fingerprint density at radius 3 is 2.57 bits per heavy atom. The molecular formula is C14H18N2O3S2. The molecule has 114 valence electrons. The Balaban J connectivity index is 1.91. The van der Waals surface area contributed by atoms with Crippen molar-refractivity contribution in [2.24, 2.45) is 5.73 Å². The second-order valence-corrected chi connectivity index (χ2v) is 7.93. The number of hydrogen-bond acceptors (Lipinski definition) is 4. The maximum atomic E-state index is 12.0. The van der Waals surface area contributed by atoms with Gasteiger partial charge in [-0.25, -0.2) is 8.42 Å². The minimum Gasteiger partial charge on any atom is -0.389 e. The third kappa shape index (κ3) is 4.78. The molecule has 1 heterocycles. The van der Waals surface area contributed by atoms with E-state index in [9.17, 15) is 13.2 Å². The molecule has 0 radical (unpaired) electrons. The molecule has 1 amide bonds. The van der Waals surface area contributed by atoms with Crippen molar-refractivity contribution in [3.8, 4) is 0 Å². The molecule has 0 bridgehead atoms. The summed E-state index contributed by atoms with van der Waals surface area (Å²) in [5.74, 6) is 0.0963. The second kappa shape index (κ2) is 6.53. The molecule has 1 atom stereocenters. The van der Waals surface area contributed by atoms with E-state index < -0.39 is 9.84 Å². The highest BCUT2D eigenvalue weighted by Crippen LogP contribution is 2.12. The average Bonchev–Trinajstić information content (AvgIpc) is 2.37. The third-order valence-electron chi connectivity index (χ3n) is 3.43. The van der Waals surface area contributed by atoms with Crippen molar-refractivity contribution in [3.63, 3.8) is 0 Å². The summed E-state index contributed by atoms with van der Waals surface area (Å²) in [4.78, 5) is 12.3. The molecular weight excluding hydrogens is 308 g/mol. The molecule has 1 aliphatic rings. The Morgan fingerprint density at radius 1 is 1.33 bits per heavy atom. The first-order valence-electron chi connectivity index (χ1n) is 6.74. The quantitative estimate of drug-likeness (QED) is 0.789. The fourth-order valence-corrected chi connectivity index (χ4v) is 4.16. The fraction of sp³-hybridized carbons (Fsp3) is 0.429. The standard InChI is InChI=1S/C14H18N2O3S2/c15-14(20)11-5-3-10(4-6-11)8-13(17)16-12-2-1-7-21(18,19)9-12/h3-6,12H,1-2,7-9H2,(H2,15,20)(H,16,17). The Hall–Kier alpha value is -1.47. The first-order chi connectivity index (χ1) is 9.85. The number of sulfone groups is 1. The zero-order valence-electron chi connectivity index (χ0n) is 11.5. The zero-order valence-corrected chi connectivity index (χ0v) is 13.2. The number of nitrogens with one attached hydrogen (secondary N) is 1. The molecule has 1 unspecified atom stereocenters. The van der Waals surface area contributed by atoms with Crippen molar-refractivity contribution < 1.29 is 13.2 Å². The largest absolute Gasteiger partial charge is 0.389 e. The summed E-state index contributed by atoms with van der Waals surface area (Å²) in [5, 5.41) is 2.79. The molecule has 1 fully saturated rings. The van der Waals surface area contributed by atoms with Gasteiger partial charge in [0.1, 0.15) is 4.99 Å². The van der Waals surface area contributed by atoms with Crippen LogP contribution in [0.15, 0.2) is 24.3 Å². The first kappa shape index (κ1) is 15.9. The van der Waals surface area contributed by atoms with Crippen LogP contribution in [-0.2, 0) is 21.1 Å². The van der Waals surface area contributed by atoms with Crippen molar-refractivity contribution in [2.75, 3.05) is 11.5 Å². The van der Waals surface area contributed by atoms with Gasteiger partial charge in [0.15, 0.2) is 9.84 Å². The Labute approximate surface area is 129 Å². The van der Waals surface area contributed by atoms with Gasteiger partial charge in [0.25, 0.3) is 0 Å². The van der Waals surface area contributed by atoms with Crippen molar-refractivity contribution in [3.05, 3.63) is 35.4 Å². The van der Waals surface area contributed by atoms with E-state index >= 15 is 0 Å². The summed E-state index contributed by atoms with van der Waals surface area (Å²) >= 11 is 4.86. The van der Waals surface area contributed by atoms with E-state index in [0.717, 1.165) is 11.1 Å². The van der Waals surface area contributed by atoms with Crippen LogP contribution in [0.5, 0.6) is 0 Å². The van der Waals surface area contributed by atoms with Crippen LogP contribution in [0.1, 0.15) is 24.0 Å². The minimum atomic E-state index is -3.01. The van der Waals surface area contributed by atoms with E-state index in [1.165, 1.54) is 0 Å². The monoisotopic (exact) mass is 326 g/mol. The van der Waals surface area contributed by atoms with Crippen LogP contribution in [0.4, 0.5) is 0 Å². The molecule has 0 saturated carbocycles. The summed E-state index contributed by atoms with van der Waals surface area (Å²) in [6.07, 6.45) is 1.54. The molecule has 0 spiro atoms. The molecule has 0 aliphatic carbocycles. The maximum Gasteiger partial charge on any atom is 0.224 e. The molecule has 1 aliphatic heterocycles. The van der Waals surface area contributed by atoms with Gasteiger partial charge >= 0.3 is 0 Å². The van der Waals surface area contributed by atoms with E-state index in [-0.39, 0.29) is 29.9 Å². The molecule has 5 nitrogen and oxygen atoms in total. The van der Waals surface area contributed by atoms with Gasteiger partial charge in [0.05, 0.1) is 17.9 Å². The van der Waals surface area contributed by atoms with Crippen LogP contribution in [0.3, 0.4) is 0 Å². The predicted molar refractivity (Wildman–Crippen MR) is 85.9 cm³/mol. The third-order valence-corrected chi connectivity index (χ3v) is 5.49. The van der Waals surface area contributed by atoms with Crippen molar-refractivity contribution in [1.82, 2.24) is 5.32 Å². The first-order valence-corrected chi connectivity index (χ1v) is 8.97. The summed E-state index contributed by atoms with van der Waals surface area (Å²) < 4.78 is 23.1. The number of carbonyl (C=O) groups excluding carboxylic acids is 1. The highest BCUT2D eigenvalue weighted by molar-refractivity contribution is 7.91. The molecule has 0 aromatic heterocycles. The number of benzene rings is 1. The number of nitrogens with two attached hydrogens (primary N) is 1. The number of carbonyl (C=O) groups is 1. The Bertz CT molecular complexity index is 639. The lowest BCUT2D eigenvalue weighted by atomic mass is 10.1. The molecule has 1 saturated heterocycles. The maximum absolute atomic E-state index is 12.0. The molecule has 3 N–H and O–H groups in total. The number of thiocarbonyl (C=S) groups is 1. The Kier molecular flexibility index (Phi) is 4.95. The average molecular weight is 326 g/mol. The van der Waals surface area contributed by atoms with Gasteiger partial charge in [0.2, 0.25) is 5.91 Å². The van der Waals surface area contributed by atoms with Gasteiger partial charge in [-0.05, 0) is 18.4 Å². The van der Waals surface area contributed by atoms with E-state index in [0.29, 0.717) is 17.8 Å². The van der Waals surface area contributed by atoms with Crippen LogP contribution in [-0.4, -0.2) is 36.9 Å². The lowest BCUT2D eigenvalue weighted by Crippen LogP contribution is -2.43. The minimum absolute atomic E-state index is 0.0408. The van der Waals surface area contributed by atoms with E-state index in [1.807, 2.05) is 0 Å². The molecule has 2 rings (SSSR count). The Morgan fingerprint density at radius 2 is 2.00 bits per heavy atom. The highest BCUT2D eigenvalue weighted by atomic mass is 32.2. The second-order valence-electron chi connectivity index (χ2n) is 5.26. The van der Waals surface area contributed by atoms with Crippen molar-refractivity contribution in [1.29, 1.82) is 0 Å². The SMILES string of the molecule is NC(=S)c1ccc(CC(=O)NC2CCCS(=O)(=O)C2)cc1. The summed E-state index contributed by atoms with van der Waals surface area (Å²) in [5.41, 5.74) is 7.11. The van der Waals surface area contributed by atoms with Crippen molar-refractivity contribution in [2.45, 2.75) is 25.3 Å². The molecule has 1 aromatic carbocycles. The predicted octanol–water partition coefficient (Wildman–Crippen LogP) is 0.557. The topological polar surface area (TPSA) is 89.3 Å². The van der Waals surface area contributed by atoms with E-state index in [1.54, 1.807) is 24.3 Å². The van der Waals surface area contributed by atoms with Gasteiger partial charge in [-0.1, -0.05) is 36.5 Å². The van der Waals surface area contributed by atoms with Crippen LogP contribution in [0.25, 0.3) is 0 Å². The van der Waals surface area contributed by atoms with E-state index in [4.69, 9.17) is 18.0 Å². The normalized spacial score (nSPS) is 20.7. The number of amides is 1. The summed E-state index contributed by atoms with van der Waals surface area (Å²) in [6, 6.07) is 6.87. The molecule has 1 aromatic rings. The highest BCUT2D eigenvalue weighted by Gasteiger charge is 2.25. The summed E-state index contributed by atoms with van der Waals surface area (Å²) in [7, 11) is -3.01. The van der Waals surface area contributed by atoms with Gasteiger partial charge in [-0.3, -0.25) is 4.79 Å². The van der Waals surface area contributed by atoms with Gasteiger partial charge in [-0.15, -0.1) is 0 Å². The lowest BCUT2D eigenvalue weighted by Gasteiger charge is -2.23.